The minimum Gasteiger partial charge on any atom is -0.459 e. The molecule has 9 heteroatoms. The SMILES string of the molecule is COC(CN)CC(=O)Nc1ccc(NC(=O)c2ccco2)c(Cl)c1.Cl. The maximum absolute atomic E-state index is 11.9. The van der Waals surface area contributed by atoms with Crippen molar-refractivity contribution in [3.63, 3.8) is 0 Å². The third kappa shape index (κ3) is 6.06. The quantitative estimate of drug-likeness (QED) is 0.676. The zero-order valence-corrected chi connectivity index (χ0v) is 15.0. The van der Waals surface area contributed by atoms with Gasteiger partial charge in [0.05, 0.1) is 29.5 Å². The van der Waals surface area contributed by atoms with Gasteiger partial charge in [-0.25, -0.2) is 0 Å². The summed E-state index contributed by atoms with van der Waals surface area (Å²) in [6.45, 7) is 0.252. The van der Waals surface area contributed by atoms with Gasteiger partial charge in [-0.3, -0.25) is 9.59 Å². The molecule has 136 valence electrons. The fourth-order valence-electron chi connectivity index (χ4n) is 1.97. The summed E-state index contributed by atoms with van der Waals surface area (Å²) in [5, 5.41) is 5.62. The van der Waals surface area contributed by atoms with E-state index in [0.717, 1.165) is 0 Å². The van der Waals surface area contributed by atoms with Crippen molar-refractivity contribution in [3.05, 3.63) is 47.4 Å². The third-order valence-electron chi connectivity index (χ3n) is 3.26. The van der Waals surface area contributed by atoms with Crippen molar-refractivity contribution in [3.8, 4) is 0 Å². The number of nitrogens with one attached hydrogen (secondary N) is 2. The molecule has 0 aliphatic rings. The lowest BCUT2D eigenvalue weighted by molar-refractivity contribution is -0.118. The molecular weight excluding hydrogens is 369 g/mol. The normalized spacial score (nSPS) is 11.3. The van der Waals surface area contributed by atoms with Crippen molar-refractivity contribution >= 4 is 47.2 Å². The average molecular weight is 388 g/mol. The molecule has 1 unspecified atom stereocenters. The van der Waals surface area contributed by atoms with E-state index in [1.54, 1.807) is 30.3 Å². The van der Waals surface area contributed by atoms with Crippen molar-refractivity contribution in [2.45, 2.75) is 12.5 Å². The molecule has 2 rings (SSSR count). The molecule has 0 aliphatic heterocycles. The van der Waals surface area contributed by atoms with Gasteiger partial charge in [0, 0.05) is 19.3 Å². The second-order valence-corrected chi connectivity index (χ2v) is 5.38. The Morgan fingerprint density at radius 3 is 2.64 bits per heavy atom. The Balaban J connectivity index is 0.00000312. The van der Waals surface area contributed by atoms with Gasteiger partial charge in [-0.2, -0.15) is 0 Å². The van der Waals surface area contributed by atoms with E-state index < -0.39 is 5.91 Å². The van der Waals surface area contributed by atoms with Crippen LogP contribution in [-0.2, 0) is 9.53 Å². The minimum atomic E-state index is -0.412. The van der Waals surface area contributed by atoms with Crippen LogP contribution in [0.5, 0.6) is 0 Å². The number of hydrogen-bond donors (Lipinski definition) is 3. The Hall–Kier alpha value is -2.06. The predicted molar refractivity (Wildman–Crippen MR) is 98.5 cm³/mol. The minimum absolute atomic E-state index is 0. The lowest BCUT2D eigenvalue weighted by Gasteiger charge is -2.13. The van der Waals surface area contributed by atoms with Crippen molar-refractivity contribution in [2.75, 3.05) is 24.3 Å². The molecule has 1 heterocycles. The van der Waals surface area contributed by atoms with Gasteiger partial charge in [0.15, 0.2) is 5.76 Å². The fraction of sp³-hybridized carbons (Fsp3) is 0.250. The first-order chi connectivity index (χ1) is 11.5. The Labute approximate surface area is 156 Å². The van der Waals surface area contributed by atoms with Crippen molar-refractivity contribution in [1.82, 2.24) is 0 Å². The van der Waals surface area contributed by atoms with Crippen LogP contribution in [0.1, 0.15) is 17.0 Å². The first kappa shape index (κ1) is 21.0. The summed E-state index contributed by atoms with van der Waals surface area (Å²) < 4.78 is 10.1. The van der Waals surface area contributed by atoms with Crippen LogP contribution in [0.4, 0.5) is 11.4 Å². The predicted octanol–water partition coefficient (Wildman–Crippen LogP) is 2.91. The zero-order chi connectivity index (χ0) is 17.5. The van der Waals surface area contributed by atoms with E-state index in [4.69, 9.17) is 26.5 Å². The summed E-state index contributed by atoms with van der Waals surface area (Å²) in [5.74, 6) is -0.476. The standard InChI is InChI=1S/C16H18ClN3O4.ClH/c1-23-11(9-18)8-15(21)19-10-4-5-13(12(17)7-10)20-16(22)14-3-2-6-24-14;/h2-7,11H,8-9,18H2,1H3,(H,19,21)(H,20,22);1H. The number of anilines is 2. The van der Waals surface area contributed by atoms with Crippen LogP contribution in [0.3, 0.4) is 0 Å². The number of furan rings is 1. The van der Waals surface area contributed by atoms with Crippen LogP contribution in [0.2, 0.25) is 5.02 Å². The lowest BCUT2D eigenvalue weighted by Crippen LogP contribution is -2.28. The zero-order valence-electron chi connectivity index (χ0n) is 13.5. The number of halogens is 2. The molecule has 0 aliphatic carbocycles. The summed E-state index contributed by atoms with van der Waals surface area (Å²) in [6.07, 6.45) is 1.21. The number of amides is 2. The summed E-state index contributed by atoms with van der Waals surface area (Å²) in [7, 11) is 1.50. The molecule has 25 heavy (non-hydrogen) atoms. The number of benzene rings is 1. The van der Waals surface area contributed by atoms with E-state index in [1.807, 2.05) is 0 Å². The number of rotatable bonds is 7. The Morgan fingerprint density at radius 2 is 2.08 bits per heavy atom. The molecule has 0 fully saturated rings. The van der Waals surface area contributed by atoms with Crippen molar-refractivity contribution in [2.24, 2.45) is 5.73 Å². The molecule has 0 saturated carbocycles. The number of carbonyl (C=O) groups excluding carboxylic acids is 2. The average Bonchev–Trinajstić information content (AvgIpc) is 3.09. The third-order valence-corrected chi connectivity index (χ3v) is 3.57. The van der Waals surface area contributed by atoms with Gasteiger partial charge in [-0.05, 0) is 30.3 Å². The van der Waals surface area contributed by atoms with E-state index in [9.17, 15) is 9.59 Å². The van der Waals surface area contributed by atoms with Gasteiger partial charge in [0.25, 0.3) is 5.91 Å². The summed E-state index contributed by atoms with van der Waals surface area (Å²) >= 11 is 6.14. The second-order valence-electron chi connectivity index (χ2n) is 4.97. The van der Waals surface area contributed by atoms with Crippen LogP contribution in [0.15, 0.2) is 41.0 Å². The Kier molecular flexibility index (Phi) is 8.44. The van der Waals surface area contributed by atoms with Gasteiger partial charge in [-0.1, -0.05) is 11.6 Å². The molecule has 0 radical (unpaired) electrons. The van der Waals surface area contributed by atoms with E-state index in [0.29, 0.717) is 11.4 Å². The number of hydrogen-bond acceptors (Lipinski definition) is 5. The highest BCUT2D eigenvalue weighted by Crippen LogP contribution is 2.26. The monoisotopic (exact) mass is 387 g/mol. The molecule has 2 aromatic rings. The van der Waals surface area contributed by atoms with Crippen molar-refractivity contribution in [1.29, 1.82) is 0 Å². The van der Waals surface area contributed by atoms with Crippen LogP contribution in [0.25, 0.3) is 0 Å². The second kappa shape index (κ2) is 10.0. The maximum atomic E-state index is 11.9. The highest BCUT2D eigenvalue weighted by molar-refractivity contribution is 6.34. The smallest absolute Gasteiger partial charge is 0.291 e. The molecule has 2 amide bonds. The van der Waals surface area contributed by atoms with Crippen LogP contribution in [0, 0.1) is 0 Å². The molecule has 0 bridgehead atoms. The molecule has 1 atom stereocenters. The molecular formula is C16H19Cl2N3O4. The number of nitrogens with two attached hydrogens (primary N) is 1. The molecule has 1 aromatic heterocycles. The molecule has 0 spiro atoms. The number of carbonyl (C=O) groups is 2. The molecule has 1 aromatic carbocycles. The van der Waals surface area contributed by atoms with E-state index >= 15 is 0 Å². The molecule has 0 saturated heterocycles. The Bertz CT molecular complexity index is 703. The topological polar surface area (TPSA) is 107 Å². The molecule has 7 nitrogen and oxygen atoms in total. The summed E-state index contributed by atoms with van der Waals surface area (Å²) in [4.78, 5) is 23.8. The number of methoxy groups -OCH3 is 1. The van der Waals surface area contributed by atoms with Crippen LogP contribution >= 0.6 is 24.0 Å². The lowest BCUT2D eigenvalue weighted by atomic mass is 10.2. The van der Waals surface area contributed by atoms with Gasteiger partial charge >= 0.3 is 0 Å². The van der Waals surface area contributed by atoms with Gasteiger partial charge in [0.1, 0.15) is 0 Å². The van der Waals surface area contributed by atoms with Crippen molar-refractivity contribution < 1.29 is 18.7 Å². The Morgan fingerprint density at radius 1 is 1.32 bits per heavy atom. The largest absolute Gasteiger partial charge is 0.459 e. The van der Waals surface area contributed by atoms with E-state index in [2.05, 4.69) is 10.6 Å². The number of ether oxygens (including phenoxy) is 1. The highest BCUT2D eigenvalue weighted by atomic mass is 35.5. The van der Waals surface area contributed by atoms with Crippen LogP contribution < -0.4 is 16.4 Å². The van der Waals surface area contributed by atoms with Crippen LogP contribution in [-0.4, -0.2) is 31.6 Å². The summed E-state index contributed by atoms with van der Waals surface area (Å²) in [5.41, 5.74) is 6.40. The molecule has 4 N–H and O–H groups in total. The fourth-order valence-corrected chi connectivity index (χ4v) is 2.20. The van der Waals surface area contributed by atoms with Gasteiger partial charge in [0.2, 0.25) is 5.91 Å². The van der Waals surface area contributed by atoms with Gasteiger partial charge < -0.3 is 25.5 Å². The van der Waals surface area contributed by atoms with E-state index in [1.165, 1.54) is 13.4 Å². The highest BCUT2D eigenvalue weighted by Gasteiger charge is 2.14. The summed E-state index contributed by atoms with van der Waals surface area (Å²) in [6, 6.07) is 7.92. The first-order valence-electron chi connectivity index (χ1n) is 7.20. The maximum Gasteiger partial charge on any atom is 0.291 e. The van der Waals surface area contributed by atoms with E-state index in [-0.39, 0.29) is 48.2 Å². The first-order valence-corrected chi connectivity index (χ1v) is 7.58. The van der Waals surface area contributed by atoms with Gasteiger partial charge in [-0.15, -0.1) is 12.4 Å².